The summed E-state index contributed by atoms with van der Waals surface area (Å²) in [5, 5.41) is 11.0. The van der Waals surface area contributed by atoms with Gasteiger partial charge in [-0.3, -0.25) is 4.79 Å². The smallest absolute Gasteiger partial charge is 0.268 e. The highest BCUT2D eigenvalue weighted by Crippen LogP contribution is 2.27. The molecule has 0 radical (unpaired) electrons. The molecule has 2 atom stereocenters. The lowest BCUT2D eigenvalue weighted by atomic mass is 9.94. The van der Waals surface area contributed by atoms with Crippen molar-refractivity contribution in [2.45, 2.75) is 44.6 Å². The van der Waals surface area contributed by atoms with Gasteiger partial charge in [-0.1, -0.05) is 41.9 Å². The Balaban J connectivity index is 1.57. The minimum atomic E-state index is -0.626. The topological polar surface area (TPSA) is 101 Å². The van der Waals surface area contributed by atoms with Crippen LogP contribution >= 0.6 is 11.6 Å². The van der Waals surface area contributed by atoms with Crippen LogP contribution in [0, 0.1) is 0 Å². The molecule has 31 heavy (non-hydrogen) atoms. The van der Waals surface area contributed by atoms with Crippen molar-refractivity contribution in [3.63, 3.8) is 0 Å². The molecule has 3 rings (SSSR count). The first-order chi connectivity index (χ1) is 14.9. The van der Waals surface area contributed by atoms with E-state index in [9.17, 15) is 9.90 Å². The van der Waals surface area contributed by atoms with E-state index in [4.69, 9.17) is 22.1 Å². The Bertz CT molecular complexity index is 986. The van der Waals surface area contributed by atoms with Crippen LogP contribution in [0.25, 0.3) is 0 Å². The zero-order valence-corrected chi connectivity index (χ0v) is 18.3. The van der Waals surface area contributed by atoms with Crippen molar-refractivity contribution in [3.05, 3.63) is 82.4 Å². The van der Waals surface area contributed by atoms with Crippen molar-refractivity contribution in [3.8, 4) is 5.75 Å². The number of carbonyl (C=O) groups is 1. The van der Waals surface area contributed by atoms with Crippen LogP contribution in [0.4, 0.5) is 0 Å². The minimum absolute atomic E-state index is 0.171. The number of aromatic nitrogens is 2. The lowest BCUT2D eigenvalue weighted by molar-refractivity contribution is 0.0995. The van der Waals surface area contributed by atoms with E-state index in [0.29, 0.717) is 25.3 Å². The maximum atomic E-state index is 11.3. The van der Waals surface area contributed by atoms with E-state index in [0.717, 1.165) is 29.2 Å². The number of nitrogens with one attached hydrogen (secondary N) is 1. The predicted octanol–water partition coefficient (Wildman–Crippen LogP) is 4.27. The fraction of sp³-hybridized carbons (Fsp3) is 0.333. The molecule has 0 aliphatic rings. The molecule has 164 valence electrons. The number of rotatable bonds is 11. The number of hydrogen-bond donors (Lipinski definition) is 3. The van der Waals surface area contributed by atoms with Crippen LogP contribution in [0.15, 0.2) is 54.7 Å². The fourth-order valence-corrected chi connectivity index (χ4v) is 3.66. The molecule has 1 aromatic heterocycles. The third kappa shape index (κ3) is 6.57. The lowest BCUT2D eigenvalue weighted by Crippen LogP contribution is -2.18. The Morgan fingerprint density at radius 1 is 1.19 bits per heavy atom. The van der Waals surface area contributed by atoms with Gasteiger partial charge in [0.25, 0.3) is 5.91 Å². The molecular weight excluding hydrogens is 414 g/mol. The van der Waals surface area contributed by atoms with Gasteiger partial charge in [0.2, 0.25) is 0 Å². The monoisotopic (exact) mass is 441 g/mol. The number of halogens is 1. The van der Waals surface area contributed by atoms with E-state index in [1.807, 2.05) is 48.5 Å². The second-order valence-electron chi connectivity index (χ2n) is 7.61. The number of hydrogen-bond acceptors (Lipinski definition) is 4. The molecule has 0 unspecified atom stereocenters. The molecule has 0 aliphatic heterocycles. The van der Waals surface area contributed by atoms with E-state index in [1.165, 1.54) is 11.8 Å². The molecule has 6 nitrogen and oxygen atoms in total. The summed E-state index contributed by atoms with van der Waals surface area (Å²) >= 11 is 5.93. The van der Waals surface area contributed by atoms with Crippen molar-refractivity contribution in [1.29, 1.82) is 0 Å². The van der Waals surface area contributed by atoms with Crippen molar-refractivity contribution >= 4 is 17.5 Å². The third-order valence-electron chi connectivity index (χ3n) is 5.26. The number of para-hydroxylation sites is 1. The highest BCUT2D eigenvalue weighted by atomic mass is 35.5. The van der Waals surface area contributed by atoms with E-state index < -0.39 is 12.0 Å². The molecule has 4 N–H and O–H groups in total. The molecule has 7 heteroatoms. The van der Waals surface area contributed by atoms with Gasteiger partial charge in [-0.2, -0.15) is 0 Å². The maximum absolute atomic E-state index is 11.3. The summed E-state index contributed by atoms with van der Waals surface area (Å²) in [6.45, 7) is 2.33. The van der Waals surface area contributed by atoms with Crippen LogP contribution in [0.5, 0.6) is 5.75 Å². The summed E-state index contributed by atoms with van der Waals surface area (Å²) in [5.74, 6) is 0.570. The third-order valence-corrected chi connectivity index (χ3v) is 5.51. The zero-order valence-electron chi connectivity index (χ0n) is 17.6. The first-order valence-electron chi connectivity index (χ1n) is 10.4. The number of aliphatic hydroxyl groups is 1. The summed E-state index contributed by atoms with van der Waals surface area (Å²) in [4.78, 5) is 18.5. The lowest BCUT2D eigenvalue weighted by Gasteiger charge is -2.19. The first kappa shape index (κ1) is 22.8. The van der Waals surface area contributed by atoms with Gasteiger partial charge in [-0.05, 0) is 61.9 Å². The van der Waals surface area contributed by atoms with Gasteiger partial charge in [0.1, 0.15) is 17.3 Å². The van der Waals surface area contributed by atoms with Crippen LogP contribution in [-0.2, 0) is 12.8 Å². The Morgan fingerprint density at radius 2 is 1.94 bits per heavy atom. The number of H-pyrrole nitrogens is 1. The van der Waals surface area contributed by atoms with E-state index >= 15 is 0 Å². The fourth-order valence-electron chi connectivity index (χ4n) is 3.53. The van der Waals surface area contributed by atoms with Crippen LogP contribution in [0.3, 0.4) is 0 Å². The number of aromatic amines is 1. The Kier molecular flexibility index (Phi) is 8.09. The molecule has 2 aromatic carbocycles. The van der Waals surface area contributed by atoms with Crippen molar-refractivity contribution in [1.82, 2.24) is 9.97 Å². The van der Waals surface area contributed by atoms with Crippen molar-refractivity contribution in [2.24, 2.45) is 5.73 Å². The van der Waals surface area contributed by atoms with Crippen LogP contribution < -0.4 is 10.5 Å². The zero-order chi connectivity index (χ0) is 22.2. The van der Waals surface area contributed by atoms with Crippen molar-refractivity contribution in [2.75, 3.05) is 6.61 Å². The van der Waals surface area contributed by atoms with E-state index in [2.05, 4.69) is 9.97 Å². The van der Waals surface area contributed by atoms with Gasteiger partial charge in [-0.25, -0.2) is 4.98 Å². The number of aliphatic hydroxyl groups excluding tert-OH is 1. The average molecular weight is 442 g/mol. The average Bonchev–Trinajstić information content (AvgIpc) is 3.23. The molecular formula is C24H28ClN3O3. The summed E-state index contributed by atoms with van der Waals surface area (Å²) in [7, 11) is 0. The Labute approximate surface area is 187 Å². The first-order valence-corrected chi connectivity index (χ1v) is 10.8. The normalized spacial score (nSPS) is 13.0. The van der Waals surface area contributed by atoms with Gasteiger partial charge >= 0.3 is 0 Å². The second-order valence-corrected chi connectivity index (χ2v) is 8.04. The maximum Gasteiger partial charge on any atom is 0.268 e. The standard InChI is InChI=1S/C24H28ClN3O3/c1-16(29)20(24-27-15-21(28-24)23(26)30)13-10-18-6-2-3-7-22(18)31-14-4-5-17-8-11-19(25)12-9-17/h2-3,6-9,11-12,15-16,20,29H,4-5,10,13-14H2,1H3,(H2,26,30)(H,27,28)/t16-,20-/m0/s1. The van der Waals surface area contributed by atoms with Gasteiger partial charge in [0.15, 0.2) is 0 Å². The molecule has 0 saturated heterocycles. The molecule has 1 amide bonds. The van der Waals surface area contributed by atoms with Gasteiger partial charge in [0, 0.05) is 17.1 Å². The molecule has 0 bridgehead atoms. The highest BCUT2D eigenvalue weighted by Gasteiger charge is 2.22. The van der Waals surface area contributed by atoms with Gasteiger partial charge in [-0.15, -0.1) is 0 Å². The highest BCUT2D eigenvalue weighted by molar-refractivity contribution is 6.30. The molecule has 0 fully saturated rings. The van der Waals surface area contributed by atoms with Crippen LogP contribution in [0.2, 0.25) is 5.02 Å². The van der Waals surface area contributed by atoms with E-state index in [1.54, 1.807) is 6.92 Å². The van der Waals surface area contributed by atoms with Gasteiger partial charge in [0.05, 0.1) is 12.7 Å². The second kappa shape index (κ2) is 11.0. The Morgan fingerprint density at radius 3 is 2.61 bits per heavy atom. The molecule has 1 heterocycles. The van der Waals surface area contributed by atoms with Crippen molar-refractivity contribution < 1.29 is 14.6 Å². The quantitative estimate of drug-likeness (QED) is 0.387. The SMILES string of the molecule is C[C@H](O)[C@H](CCc1ccccc1OCCCc1ccc(Cl)cc1)c1nc(C(N)=O)c[nH]1. The molecule has 0 saturated carbocycles. The number of primary amides is 1. The molecule has 0 spiro atoms. The number of nitrogens with two attached hydrogens (primary N) is 1. The Hall–Kier alpha value is -2.83. The number of aryl methyl sites for hydroxylation is 2. The van der Waals surface area contributed by atoms with Crippen LogP contribution in [0.1, 0.15) is 53.1 Å². The number of nitrogens with zero attached hydrogens (tertiary/aromatic N) is 1. The number of benzene rings is 2. The number of carbonyl (C=O) groups excluding carboxylic acids is 1. The molecule has 0 aliphatic carbocycles. The summed E-state index contributed by atoms with van der Waals surface area (Å²) in [5.41, 5.74) is 7.76. The molecule has 3 aromatic rings. The van der Waals surface area contributed by atoms with Gasteiger partial charge < -0.3 is 20.6 Å². The predicted molar refractivity (Wildman–Crippen MR) is 122 cm³/mol. The number of amides is 1. The van der Waals surface area contributed by atoms with Crippen LogP contribution in [-0.4, -0.2) is 33.7 Å². The number of ether oxygens (including phenoxy) is 1. The number of imidazole rings is 1. The van der Waals surface area contributed by atoms with E-state index in [-0.39, 0.29) is 11.6 Å². The minimum Gasteiger partial charge on any atom is -0.493 e. The largest absolute Gasteiger partial charge is 0.493 e. The summed E-state index contributed by atoms with van der Waals surface area (Å²) in [6, 6.07) is 15.8. The summed E-state index contributed by atoms with van der Waals surface area (Å²) in [6.07, 6.45) is 4.02. The summed E-state index contributed by atoms with van der Waals surface area (Å²) < 4.78 is 6.04.